The summed E-state index contributed by atoms with van der Waals surface area (Å²) in [6, 6.07) is 8.84. The molecule has 1 aliphatic rings. The van der Waals surface area contributed by atoms with E-state index in [1.165, 1.54) is 12.8 Å². The number of rotatable bonds is 4. The maximum Gasteiger partial charge on any atom is 0.251 e. The van der Waals surface area contributed by atoms with E-state index in [9.17, 15) is 4.79 Å². The number of aromatic nitrogens is 2. The molecule has 0 radical (unpaired) electrons. The maximum atomic E-state index is 12.0. The lowest BCUT2D eigenvalue weighted by molar-refractivity contribution is 0.0950. The molecule has 0 atom stereocenters. The highest BCUT2D eigenvalue weighted by atomic mass is 35.5. The molecule has 5 heteroatoms. The molecule has 3 rings (SSSR count). The van der Waals surface area contributed by atoms with Crippen molar-refractivity contribution in [2.24, 2.45) is 0 Å². The van der Waals surface area contributed by atoms with Crippen molar-refractivity contribution in [1.82, 2.24) is 15.3 Å². The van der Waals surface area contributed by atoms with Crippen molar-refractivity contribution in [2.45, 2.75) is 25.3 Å². The Hall–Kier alpha value is -1.94. The Kier molecular flexibility index (Phi) is 3.65. The van der Waals surface area contributed by atoms with Crippen LogP contribution < -0.4 is 5.32 Å². The van der Waals surface area contributed by atoms with E-state index in [0.717, 1.165) is 11.4 Å². The normalized spacial score (nSPS) is 14.1. The van der Waals surface area contributed by atoms with Crippen LogP contribution in [0.2, 0.25) is 5.02 Å². The van der Waals surface area contributed by atoms with Gasteiger partial charge in [0.15, 0.2) is 0 Å². The Balaban J connectivity index is 1.64. The lowest BCUT2D eigenvalue weighted by Crippen LogP contribution is -2.23. The van der Waals surface area contributed by atoms with Crippen LogP contribution in [0, 0.1) is 0 Å². The lowest BCUT2D eigenvalue weighted by atomic mass is 10.2. The number of benzene rings is 1. The van der Waals surface area contributed by atoms with E-state index >= 15 is 0 Å². The van der Waals surface area contributed by atoms with Crippen LogP contribution in [0.3, 0.4) is 0 Å². The second-order valence-electron chi connectivity index (χ2n) is 4.90. The van der Waals surface area contributed by atoms with Crippen LogP contribution in [-0.4, -0.2) is 15.9 Å². The average Bonchev–Trinajstić information content (AvgIpc) is 3.30. The van der Waals surface area contributed by atoms with Gasteiger partial charge in [0.2, 0.25) is 0 Å². The van der Waals surface area contributed by atoms with Crippen molar-refractivity contribution < 1.29 is 4.79 Å². The molecule has 1 aromatic heterocycles. The summed E-state index contributed by atoms with van der Waals surface area (Å²) in [6.07, 6.45) is 3.96. The summed E-state index contributed by atoms with van der Waals surface area (Å²) in [5, 5.41) is 3.39. The standard InChI is InChI=1S/C15H14ClN3O/c16-12-3-1-2-11(6-12)15(20)17-8-13-7-14(10-4-5-10)19-9-18-13/h1-3,6-7,9-10H,4-5,8H2,(H,17,20). The molecule has 1 aromatic carbocycles. The molecule has 1 heterocycles. The van der Waals surface area contributed by atoms with Gasteiger partial charge in [-0.05, 0) is 37.1 Å². The van der Waals surface area contributed by atoms with Crippen molar-refractivity contribution in [3.05, 3.63) is 58.6 Å². The van der Waals surface area contributed by atoms with E-state index in [-0.39, 0.29) is 5.91 Å². The predicted molar refractivity (Wildman–Crippen MR) is 76.6 cm³/mol. The van der Waals surface area contributed by atoms with Crippen LogP contribution in [-0.2, 0) is 6.54 Å². The molecule has 4 nitrogen and oxygen atoms in total. The Morgan fingerprint density at radius 1 is 1.30 bits per heavy atom. The Labute approximate surface area is 122 Å². The van der Waals surface area contributed by atoms with E-state index in [0.29, 0.717) is 23.0 Å². The highest BCUT2D eigenvalue weighted by molar-refractivity contribution is 6.30. The van der Waals surface area contributed by atoms with Gasteiger partial charge in [-0.2, -0.15) is 0 Å². The molecular formula is C15H14ClN3O. The van der Waals surface area contributed by atoms with Crippen molar-refractivity contribution in [3.8, 4) is 0 Å². The first-order chi connectivity index (χ1) is 9.72. The highest BCUT2D eigenvalue weighted by Gasteiger charge is 2.25. The highest BCUT2D eigenvalue weighted by Crippen LogP contribution is 2.38. The van der Waals surface area contributed by atoms with Crippen molar-refractivity contribution >= 4 is 17.5 Å². The summed E-state index contributed by atoms with van der Waals surface area (Å²) < 4.78 is 0. The monoisotopic (exact) mass is 287 g/mol. The van der Waals surface area contributed by atoms with Crippen LogP contribution in [0.5, 0.6) is 0 Å². The first-order valence-corrected chi connectivity index (χ1v) is 6.95. The van der Waals surface area contributed by atoms with Gasteiger partial charge >= 0.3 is 0 Å². The SMILES string of the molecule is O=C(NCc1cc(C2CC2)ncn1)c1cccc(Cl)c1. The Morgan fingerprint density at radius 3 is 2.90 bits per heavy atom. The van der Waals surface area contributed by atoms with E-state index in [4.69, 9.17) is 11.6 Å². The molecule has 1 saturated carbocycles. The zero-order valence-electron chi connectivity index (χ0n) is 10.8. The van der Waals surface area contributed by atoms with Crippen LogP contribution in [0.15, 0.2) is 36.7 Å². The number of halogens is 1. The van der Waals surface area contributed by atoms with Crippen LogP contribution in [0.1, 0.15) is 40.5 Å². The lowest BCUT2D eigenvalue weighted by Gasteiger charge is -2.06. The molecular weight excluding hydrogens is 274 g/mol. The first-order valence-electron chi connectivity index (χ1n) is 6.57. The van der Waals surface area contributed by atoms with Crippen LogP contribution in [0.25, 0.3) is 0 Å². The summed E-state index contributed by atoms with van der Waals surface area (Å²) in [5.41, 5.74) is 2.46. The van der Waals surface area contributed by atoms with Gasteiger partial charge in [-0.1, -0.05) is 17.7 Å². The minimum atomic E-state index is -0.154. The molecule has 1 aliphatic carbocycles. The van der Waals surface area contributed by atoms with Gasteiger partial charge in [-0.3, -0.25) is 4.79 Å². The summed E-state index contributed by atoms with van der Waals surface area (Å²) in [4.78, 5) is 20.4. The average molecular weight is 288 g/mol. The fourth-order valence-corrected chi connectivity index (χ4v) is 2.21. The summed E-state index contributed by atoms with van der Waals surface area (Å²) in [7, 11) is 0. The molecule has 2 aromatic rings. The zero-order valence-corrected chi connectivity index (χ0v) is 11.6. The topological polar surface area (TPSA) is 54.9 Å². The fraction of sp³-hybridized carbons (Fsp3) is 0.267. The summed E-state index contributed by atoms with van der Waals surface area (Å²) in [5.74, 6) is 0.430. The van der Waals surface area contributed by atoms with E-state index < -0.39 is 0 Å². The third-order valence-corrected chi connectivity index (χ3v) is 3.49. The minimum absolute atomic E-state index is 0.154. The third-order valence-electron chi connectivity index (χ3n) is 3.26. The van der Waals surface area contributed by atoms with E-state index in [1.54, 1.807) is 30.6 Å². The molecule has 1 fully saturated rings. The Morgan fingerprint density at radius 2 is 2.15 bits per heavy atom. The number of hydrogen-bond acceptors (Lipinski definition) is 3. The third kappa shape index (κ3) is 3.14. The molecule has 102 valence electrons. The predicted octanol–water partition coefficient (Wildman–Crippen LogP) is 2.94. The van der Waals surface area contributed by atoms with Gasteiger partial charge in [0.1, 0.15) is 6.33 Å². The summed E-state index contributed by atoms with van der Waals surface area (Å²) >= 11 is 5.87. The first kappa shape index (κ1) is 13.1. The van der Waals surface area contributed by atoms with Crippen molar-refractivity contribution in [3.63, 3.8) is 0 Å². The smallest absolute Gasteiger partial charge is 0.251 e. The number of hydrogen-bond donors (Lipinski definition) is 1. The number of nitrogens with one attached hydrogen (secondary N) is 1. The molecule has 1 amide bonds. The van der Waals surface area contributed by atoms with E-state index in [1.807, 2.05) is 6.07 Å². The molecule has 1 N–H and O–H groups in total. The number of nitrogens with zero attached hydrogens (tertiary/aromatic N) is 2. The molecule has 0 saturated heterocycles. The maximum absolute atomic E-state index is 12.0. The molecule has 0 spiro atoms. The minimum Gasteiger partial charge on any atom is -0.346 e. The van der Waals surface area contributed by atoms with Gasteiger partial charge in [-0.25, -0.2) is 9.97 Å². The Bertz CT molecular complexity index is 641. The van der Waals surface area contributed by atoms with Gasteiger partial charge < -0.3 is 5.32 Å². The summed E-state index contributed by atoms with van der Waals surface area (Å²) in [6.45, 7) is 0.396. The van der Waals surface area contributed by atoms with Gasteiger partial charge in [-0.15, -0.1) is 0 Å². The molecule has 0 aliphatic heterocycles. The number of carbonyl (C=O) groups excluding carboxylic acids is 1. The molecule has 0 bridgehead atoms. The number of amides is 1. The second-order valence-corrected chi connectivity index (χ2v) is 5.34. The van der Waals surface area contributed by atoms with Crippen LogP contribution in [0.4, 0.5) is 0 Å². The van der Waals surface area contributed by atoms with Crippen molar-refractivity contribution in [2.75, 3.05) is 0 Å². The zero-order chi connectivity index (χ0) is 13.9. The quantitative estimate of drug-likeness (QED) is 0.940. The van der Waals surface area contributed by atoms with E-state index in [2.05, 4.69) is 15.3 Å². The van der Waals surface area contributed by atoms with Gasteiger partial charge in [0.05, 0.1) is 12.2 Å². The van der Waals surface area contributed by atoms with Crippen LogP contribution >= 0.6 is 11.6 Å². The largest absolute Gasteiger partial charge is 0.346 e. The molecule has 0 unspecified atom stereocenters. The molecule has 20 heavy (non-hydrogen) atoms. The number of carbonyl (C=O) groups is 1. The fourth-order valence-electron chi connectivity index (χ4n) is 2.02. The second kappa shape index (κ2) is 5.59. The van der Waals surface area contributed by atoms with Crippen molar-refractivity contribution in [1.29, 1.82) is 0 Å². The van der Waals surface area contributed by atoms with Gasteiger partial charge in [0, 0.05) is 22.2 Å². The van der Waals surface area contributed by atoms with Gasteiger partial charge in [0.25, 0.3) is 5.91 Å².